The number of nitrogens with one attached hydrogen (secondary N) is 1. The van der Waals surface area contributed by atoms with Crippen LogP contribution in [0, 0.1) is 15.9 Å². The topological polar surface area (TPSA) is 55.2 Å². The molecule has 0 bridgehead atoms. The van der Waals surface area contributed by atoms with Crippen molar-refractivity contribution in [2.45, 2.75) is 45.6 Å². The Morgan fingerprint density at radius 3 is 2.74 bits per heavy atom. The molecule has 1 rings (SSSR count). The monoisotopic (exact) mass is 288 g/mol. The Morgan fingerprint density at radius 2 is 2.16 bits per heavy atom. The fourth-order valence-corrected chi connectivity index (χ4v) is 2.00. The molecule has 1 unspecified atom stereocenters. The number of hydrogen-bond donors (Lipinski definition) is 1. The van der Waals surface area contributed by atoms with Crippen LogP contribution in [0.3, 0.4) is 0 Å². The van der Waals surface area contributed by atoms with Crippen LogP contribution in [0.25, 0.3) is 0 Å². The lowest BCUT2D eigenvalue weighted by molar-refractivity contribution is -0.384. The van der Waals surface area contributed by atoms with Crippen molar-refractivity contribution in [2.75, 3.05) is 5.32 Å². The van der Waals surface area contributed by atoms with E-state index in [1.165, 1.54) is 6.07 Å². The van der Waals surface area contributed by atoms with E-state index in [0.29, 0.717) is 0 Å². The second kappa shape index (κ2) is 7.28. The first-order valence-corrected chi connectivity index (χ1v) is 6.73. The van der Waals surface area contributed by atoms with Crippen molar-refractivity contribution in [3.05, 3.63) is 33.1 Å². The molecule has 0 aliphatic heterocycles. The second-order valence-electron chi connectivity index (χ2n) is 4.58. The first-order chi connectivity index (χ1) is 8.95. The molecule has 1 atom stereocenters. The van der Waals surface area contributed by atoms with E-state index in [9.17, 15) is 14.5 Å². The van der Waals surface area contributed by atoms with Gasteiger partial charge in [0.15, 0.2) is 0 Å². The highest BCUT2D eigenvalue weighted by atomic mass is 35.5. The molecule has 106 valence electrons. The second-order valence-corrected chi connectivity index (χ2v) is 4.99. The predicted octanol–water partition coefficient (Wildman–Crippen LogP) is 4.77. The average molecular weight is 289 g/mol. The molecule has 0 fully saturated rings. The number of nitro groups is 1. The van der Waals surface area contributed by atoms with Gasteiger partial charge in [-0.25, -0.2) is 4.39 Å². The van der Waals surface area contributed by atoms with Gasteiger partial charge in [0, 0.05) is 6.04 Å². The van der Waals surface area contributed by atoms with E-state index >= 15 is 0 Å². The maximum Gasteiger partial charge on any atom is 0.295 e. The van der Waals surface area contributed by atoms with Crippen molar-refractivity contribution in [1.29, 1.82) is 0 Å². The van der Waals surface area contributed by atoms with Gasteiger partial charge in [-0.05, 0) is 19.4 Å². The molecule has 0 spiro atoms. The molecule has 0 aliphatic carbocycles. The molecule has 6 heteroatoms. The highest BCUT2D eigenvalue weighted by Crippen LogP contribution is 2.31. The first kappa shape index (κ1) is 15.7. The molecule has 0 amide bonds. The van der Waals surface area contributed by atoms with E-state index in [2.05, 4.69) is 12.2 Å². The summed E-state index contributed by atoms with van der Waals surface area (Å²) in [6, 6.07) is 2.20. The van der Waals surface area contributed by atoms with E-state index in [-0.39, 0.29) is 22.4 Å². The van der Waals surface area contributed by atoms with Crippen LogP contribution in [0.2, 0.25) is 5.02 Å². The zero-order chi connectivity index (χ0) is 14.4. The Kier molecular flexibility index (Phi) is 6.02. The van der Waals surface area contributed by atoms with Gasteiger partial charge in [0.2, 0.25) is 0 Å². The minimum atomic E-state index is -0.780. The Balaban J connectivity index is 2.81. The number of hydrogen-bond acceptors (Lipinski definition) is 3. The third-order valence-electron chi connectivity index (χ3n) is 2.88. The highest BCUT2D eigenvalue weighted by Gasteiger charge is 2.18. The molecule has 0 aromatic heterocycles. The van der Waals surface area contributed by atoms with Crippen LogP contribution in [-0.4, -0.2) is 11.0 Å². The van der Waals surface area contributed by atoms with Crippen molar-refractivity contribution in [1.82, 2.24) is 0 Å². The van der Waals surface area contributed by atoms with Crippen molar-refractivity contribution < 1.29 is 9.31 Å². The number of nitrogens with zero attached hydrogens (tertiary/aromatic N) is 1. The molecule has 1 N–H and O–H groups in total. The van der Waals surface area contributed by atoms with Gasteiger partial charge in [0.05, 0.1) is 16.0 Å². The Bertz CT molecular complexity index is 455. The molecule has 4 nitrogen and oxygen atoms in total. The minimum absolute atomic E-state index is 0.0757. The van der Waals surface area contributed by atoms with Gasteiger partial charge in [-0.15, -0.1) is 0 Å². The summed E-state index contributed by atoms with van der Waals surface area (Å²) in [5, 5.41) is 13.8. The third kappa shape index (κ3) is 4.67. The number of anilines is 1. The molecule has 0 saturated carbocycles. The summed E-state index contributed by atoms with van der Waals surface area (Å²) in [5.41, 5.74) is -0.0235. The Morgan fingerprint density at radius 1 is 1.47 bits per heavy atom. The molecule has 0 aliphatic rings. The smallest absolute Gasteiger partial charge is 0.295 e. The maximum absolute atomic E-state index is 13.2. The standard InChI is InChI=1S/C13H18ClFN2O2/c1-3-4-5-6-9(2)16-12-7-10(14)11(15)8-13(12)17(18)19/h7-9,16H,3-6H2,1-2H3. The van der Waals surface area contributed by atoms with Crippen molar-refractivity contribution in [2.24, 2.45) is 0 Å². The minimum Gasteiger partial charge on any atom is -0.377 e. The lowest BCUT2D eigenvalue weighted by Gasteiger charge is -2.15. The summed E-state index contributed by atoms with van der Waals surface area (Å²) in [4.78, 5) is 10.3. The van der Waals surface area contributed by atoms with Crippen LogP contribution in [0.1, 0.15) is 39.5 Å². The molecule has 1 aromatic carbocycles. The van der Waals surface area contributed by atoms with Gasteiger partial charge in [0.25, 0.3) is 5.69 Å². The van der Waals surface area contributed by atoms with Crippen LogP contribution in [0.4, 0.5) is 15.8 Å². The van der Waals surface area contributed by atoms with E-state index < -0.39 is 10.7 Å². The molecular formula is C13H18ClFN2O2. The lowest BCUT2D eigenvalue weighted by Crippen LogP contribution is -2.16. The van der Waals surface area contributed by atoms with Crippen LogP contribution in [0.5, 0.6) is 0 Å². The SMILES string of the molecule is CCCCCC(C)Nc1cc(Cl)c(F)cc1[N+](=O)[O-]. The summed E-state index contributed by atoms with van der Waals surface area (Å²) in [7, 11) is 0. The summed E-state index contributed by atoms with van der Waals surface area (Å²) >= 11 is 5.66. The largest absolute Gasteiger partial charge is 0.377 e. The lowest BCUT2D eigenvalue weighted by atomic mass is 10.1. The number of halogens is 2. The van der Waals surface area contributed by atoms with Gasteiger partial charge in [-0.1, -0.05) is 37.8 Å². The third-order valence-corrected chi connectivity index (χ3v) is 3.17. The van der Waals surface area contributed by atoms with Gasteiger partial charge in [-0.3, -0.25) is 10.1 Å². The zero-order valence-electron chi connectivity index (χ0n) is 11.1. The van der Waals surface area contributed by atoms with E-state index in [4.69, 9.17) is 11.6 Å². The molecule has 0 heterocycles. The van der Waals surface area contributed by atoms with E-state index in [0.717, 1.165) is 31.7 Å². The predicted molar refractivity (Wildman–Crippen MR) is 75.3 cm³/mol. The number of benzene rings is 1. The Labute approximate surface area is 117 Å². The molecule has 0 saturated heterocycles. The quantitative estimate of drug-likeness (QED) is 0.447. The molecule has 19 heavy (non-hydrogen) atoms. The summed E-state index contributed by atoms with van der Waals surface area (Å²) in [5.74, 6) is -0.780. The Hall–Kier alpha value is -1.36. The van der Waals surface area contributed by atoms with Gasteiger partial charge in [-0.2, -0.15) is 0 Å². The van der Waals surface area contributed by atoms with Crippen LogP contribution < -0.4 is 5.32 Å². The van der Waals surface area contributed by atoms with Gasteiger partial charge < -0.3 is 5.32 Å². The average Bonchev–Trinajstić information content (AvgIpc) is 2.33. The zero-order valence-corrected chi connectivity index (χ0v) is 11.8. The normalized spacial score (nSPS) is 12.2. The van der Waals surface area contributed by atoms with Crippen molar-refractivity contribution >= 4 is 23.0 Å². The molecule has 1 aromatic rings. The highest BCUT2D eigenvalue weighted by molar-refractivity contribution is 6.31. The van der Waals surface area contributed by atoms with Crippen LogP contribution in [-0.2, 0) is 0 Å². The van der Waals surface area contributed by atoms with Crippen molar-refractivity contribution in [3.63, 3.8) is 0 Å². The first-order valence-electron chi connectivity index (χ1n) is 6.35. The number of rotatable bonds is 7. The van der Waals surface area contributed by atoms with Crippen molar-refractivity contribution in [3.8, 4) is 0 Å². The van der Waals surface area contributed by atoms with Gasteiger partial charge >= 0.3 is 0 Å². The van der Waals surface area contributed by atoms with Gasteiger partial charge in [0.1, 0.15) is 11.5 Å². The molecular weight excluding hydrogens is 271 g/mol. The van der Waals surface area contributed by atoms with E-state index in [1.807, 2.05) is 6.92 Å². The summed E-state index contributed by atoms with van der Waals surface area (Å²) < 4.78 is 13.2. The van der Waals surface area contributed by atoms with E-state index in [1.54, 1.807) is 0 Å². The molecule has 0 radical (unpaired) electrons. The van der Waals surface area contributed by atoms with Crippen LogP contribution in [0.15, 0.2) is 12.1 Å². The van der Waals surface area contributed by atoms with Crippen LogP contribution >= 0.6 is 11.6 Å². The maximum atomic E-state index is 13.2. The fraction of sp³-hybridized carbons (Fsp3) is 0.538. The summed E-state index contributed by atoms with van der Waals surface area (Å²) in [6.07, 6.45) is 4.20. The summed E-state index contributed by atoms with van der Waals surface area (Å²) in [6.45, 7) is 4.05. The number of nitro benzene ring substituents is 1. The fourth-order valence-electron chi connectivity index (χ4n) is 1.84. The number of unbranched alkanes of at least 4 members (excludes halogenated alkanes) is 2.